The molecule has 21 heavy (non-hydrogen) atoms. The van der Waals surface area contributed by atoms with Crippen LogP contribution in [-0.4, -0.2) is 27.9 Å². The van der Waals surface area contributed by atoms with Gasteiger partial charge in [-0.15, -0.1) is 0 Å². The van der Waals surface area contributed by atoms with E-state index in [-0.39, 0.29) is 5.56 Å². The fourth-order valence-electron chi connectivity index (χ4n) is 2.26. The first-order chi connectivity index (χ1) is 9.92. The Balaban J connectivity index is 2.21. The van der Waals surface area contributed by atoms with Crippen molar-refractivity contribution in [2.45, 2.75) is 19.9 Å². The Hall–Kier alpha value is -2.50. The highest BCUT2D eigenvalue weighted by Gasteiger charge is 2.12. The van der Waals surface area contributed by atoms with E-state index in [1.807, 2.05) is 23.7 Å². The Morgan fingerprint density at radius 3 is 2.67 bits per heavy atom. The first kappa shape index (κ1) is 14.9. The standard InChI is InChI=1S/C15H20N4O2/c1-4-11-8-12(19(3)17-11)9-18(2)14-6-5-10(15(20)21)7-13(14)16/h5-8H,4,9,16H2,1-3H3,(H,20,21). The molecule has 112 valence electrons. The van der Waals surface area contributed by atoms with Crippen LogP contribution in [0.4, 0.5) is 11.4 Å². The Morgan fingerprint density at radius 2 is 2.14 bits per heavy atom. The van der Waals surface area contributed by atoms with Gasteiger partial charge in [0.1, 0.15) is 0 Å². The number of aryl methyl sites for hydroxylation is 2. The highest BCUT2D eigenvalue weighted by molar-refractivity contribution is 5.90. The molecule has 0 atom stereocenters. The summed E-state index contributed by atoms with van der Waals surface area (Å²) < 4.78 is 1.86. The van der Waals surface area contributed by atoms with E-state index >= 15 is 0 Å². The molecule has 0 saturated heterocycles. The SMILES string of the molecule is CCc1cc(CN(C)c2ccc(C(=O)O)cc2N)n(C)n1. The van der Waals surface area contributed by atoms with E-state index in [2.05, 4.69) is 18.1 Å². The van der Waals surface area contributed by atoms with Crippen LogP contribution in [-0.2, 0) is 20.0 Å². The average Bonchev–Trinajstić information content (AvgIpc) is 2.79. The van der Waals surface area contributed by atoms with E-state index in [4.69, 9.17) is 10.8 Å². The van der Waals surface area contributed by atoms with Gasteiger partial charge in [-0.3, -0.25) is 4.68 Å². The maximum atomic E-state index is 10.9. The van der Waals surface area contributed by atoms with Crippen molar-refractivity contribution in [1.82, 2.24) is 9.78 Å². The van der Waals surface area contributed by atoms with Crippen molar-refractivity contribution < 1.29 is 9.90 Å². The molecule has 0 aliphatic carbocycles. The van der Waals surface area contributed by atoms with Crippen LogP contribution in [0.2, 0.25) is 0 Å². The van der Waals surface area contributed by atoms with Gasteiger partial charge >= 0.3 is 5.97 Å². The van der Waals surface area contributed by atoms with Crippen LogP contribution in [0.1, 0.15) is 28.7 Å². The molecule has 0 radical (unpaired) electrons. The molecule has 0 spiro atoms. The summed E-state index contributed by atoms with van der Waals surface area (Å²) in [6.07, 6.45) is 0.896. The summed E-state index contributed by atoms with van der Waals surface area (Å²) >= 11 is 0. The van der Waals surface area contributed by atoms with Gasteiger partial charge in [0.05, 0.1) is 34.9 Å². The zero-order valence-corrected chi connectivity index (χ0v) is 12.5. The number of carboxylic acids is 1. The molecule has 1 aromatic heterocycles. The average molecular weight is 288 g/mol. The van der Waals surface area contributed by atoms with Crippen molar-refractivity contribution in [3.8, 4) is 0 Å². The third-order valence-corrected chi connectivity index (χ3v) is 3.47. The van der Waals surface area contributed by atoms with Crippen molar-refractivity contribution in [3.63, 3.8) is 0 Å². The van der Waals surface area contributed by atoms with Crippen LogP contribution < -0.4 is 10.6 Å². The number of carboxylic acid groups (broad SMARTS) is 1. The molecule has 0 unspecified atom stereocenters. The zero-order chi connectivity index (χ0) is 15.6. The fourth-order valence-corrected chi connectivity index (χ4v) is 2.26. The molecule has 0 aliphatic heterocycles. The van der Waals surface area contributed by atoms with Crippen LogP contribution in [0.25, 0.3) is 0 Å². The number of benzene rings is 1. The number of anilines is 2. The largest absolute Gasteiger partial charge is 0.478 e. The molecule has 6 nitrogen and oxygen atoms in total. The van der Waals surface area contributed by atoms with Crippen molar-refractivity contribution in [2.24, 2.45) is 7.05 Å². The Morgan fingerprint density at radius 1 is 1.43 bits per heavy atom. The minimum atomic E-state index is -0.977. The normalized spacial score (nSPS) is 10.6. The van der Waals surface area contributed by atoms with Crippen LogP contribution in [0.3, 0.4) is 0 Å². The van der Waals surface area contributed by atoms with E-state index < -0.39 is 5.97 Å². The molecular formula is C15H20N4O2. The lowest BCUT2D eigenvalue weighted by atomic mass is 10.1. The number of nitrogens with zero attached hydrogens (tertiary/aromatic N) is 3. The third-order valence-electron chi connectivity index (χ3n) is 3.47. The number of rotatable bonds is 5. The molecule has 2 rings (SSSR count). The highest BCUT2D eigenvalue weighted by Crippen LogP contribution is 2.25. The van der Waals surface area contributed by atoms with Gasteiger partial charge in [-0.25, -0.2) is 4.79 Å². The summed E-state index contributed by atoms with van der Waals surface area (Å²) in [6.45, 7) is 2.72. The van der Waals surface area contributed by atoms with Crippen LogP contribution in [0.5, 0.6) is 0 Å². The number of hydrogen-bond donors (Lipinski definition) is 2. The van der Waals surface area contributed by atoms with Crippen molar-refractivity contribution in [3.05, 3.63) is 41.2 Å². The first-order valence-corrected chi connectivity index (χ1v) is 6.78. The van der Waals surface area contributed by atoms with Crippen LogP contribution >= 0.6 is 0 Å². The maximum absolute atomic E-state index is 10.9. The molecule has 2 aromatic rings. The topological polar surface area (TPSA) is 84.4 Å². The molecular weight excluding hydrogens is 268 g/mol. The summed E-state index contributed by atoms with van der Waals surface area (Å²) in [5.74, 6) is -0.977. The van der Waals surface area contributed by atoms with Gasteiger partial charge in [-0.2, -0.15) is 5.10 Å². The van der Waals surface area contributed by atoms with E-state index in [1.54, 1.807) is 12.1 Å². The fraction of sp³-hybridized carbons (Fsp3) is 0.333. The number of hydrogen-bond acceptors (Lipinski definition) is 4. The van der Waals surface area contributed by atoms with Crippen molar-refractivity contribution >= 4 is 17.3 Å². The molecule has 6 heteroatoms. The maximum Gasteiger partial charge on any atom is 0.335 e. The first-order valence-electron chi connectivity index (χ1n) is 6.78. The smallest absolute Gasteiger partial charge is 0.335 e. The van der Waals surface area contributed by atoms with Gasteiger partial charge < -0.3 is 15.7 Å². The lowest BCUT2D eigenvalue weighted by Crippen LogP contribution is -2.20. The Labute approximate surface area is 123 Å². The number of carbonyl (C=O) groups is 1. The van der Waals surface area contributed by atoms with E-state index in [0.717, 1.165) is 23.5 Å². The highest BCUT2D eigenvalue weighted by atomic mass is 16.4. The Bertz CT molecular complexity index is 664. The monoisotopic (exact) mass is 288 g/mol. The minimum absolute atomic E-state index is 0.193. The zero-order valence-electron chi connectivity index (χ0n) is 12.5. The second-order valence-electron chi connectivity index (χ2n) is 5.04. The van der Waals surface area contributed by atoms with Crippen LogP contribution in [0, 0.1) is 0 Å². The quantitative estimate of drug-likeness (QED) is 0.821. The molecule has 0 saturated carbocycles. The predicted molar refractivity (Wildman–Crippen MR) is 82.5 cm³/mol. The van der Waals surface area contributed by atoms with Crippen molar-refractivity contribution in [1.29, 1.82) is 0 Å². The van der Waals surface area contributed by atoms with Gasteiger partial charge in [0.2, 0.25) is 0 Å². The molecule has 0 bridgehead atoms. The Kier molecular flexibility index (Phi) is 4.16. The number of nitrogens with two attached hydrogens (primary N) is 1. The van der Waals surface area contributed by atoms with E-state index in [0.29, 0.717) is 12.2 Å². The van der Waals surface area contributed by atoms with E-state index in [1.165, 1.54) is 6.07 Å². The minimum Gasteiger partial charge on any atom is -0.478 e. The summed E-state index contributed by atoms with van der Waals surface area (Å²) in [7, 11) is 3.84. The lowest BCUT2D eigenvalue weighted by Gasteiger charge is -2.21. The van der Waals surface area contributed by atoms with Crippen molar-refractivity contribution in [2.75, 3.05) is 17.7 Å². The molecule has 0 amide bonds. The van der Waals surface area contributed by atoms with Gasteiger partial charge in [-0.1, -0.05) is 6.92 Å². The van der Waals surface area contributed by atoms with Crippen LogP contribution in [0.15, 0.2) is 24.3 Å². The second kappa shape index (κ2) is 5.87. The van der Waals surface area contributed by atoms with Gasteiger partial charge in [0, 0.05) is 14.1 Å². The van der Waals surface area contributed by atoms with Gasteiger partial charge in [0.15, 0.2) is 0 Å². The van der Waals surface area contributed by atoms with Gasteiger partial charge in [0.25, 0.3) is 0 Å². The summed E-state index contributed by atoms with van der Waals surface area (Å²) in [5, 5.41) is 13.4. The molecule has 0 fully saturated rings. The third kappa shape index (κ3) is 3.16. The second-order valence-corrected chi connectivity index (χ2v) is 5.04. The molecule has 3 N–H and O–H groups in total. The molecule has 1 heterocycles. The molecule has 1 aromatic carbocycles. The summed E-state index contributed by atoms with van der Waals surface area (Å²) in [4.78, 5) is 12.9. The molecule has 0 aliphatic rings. The number of nitrogen functional groups attached to an aromatic ring is 1. The summed E-state index contributed by atoms with van der Waals surface area (Å²) in [6, 6.07) is 6.84. The lowest BCUT2D eigenvalue weighted by molar-refractivity contribution is 0.0697. The predicted octanol–water partition coefficient (Wildman–Crippen LogP) is 1.90. The number of aromatic carboxylic acids is 1. The summed E-state index contributed by atoms with van der Waals surface area (Å²) in [5.41, 5.74) is 9.54. The van der Waals surface area contributed by atoms with Gasteiger partial charge in [-0.05, 0) is 30.7 Å². The van der Waals surface area contributed by atoms with E-state index in [9.17, 15) is 4.79 Å². The number of aromatic nitrogens is 2.